The number of aryl methyl sites for hydroxylation is 1. The quantitative estimate of drug-likeness (QED) is 0.766. The first-order valence-electron chi connectivity index (χ1n) is 9.59. The molecule has 1 fully saturated rings. The summed E-state index contributed by atoms with van der Waals surface area (Å²) in [5, 5.41) is 3.07. The predicted molar refractivity (Wildman–Crippen MR) is 112 cm³/mol. The summed E-state index contributed by atoms with van der Waals surface area (Å²) in [5.74, 6) is 0.932. The lowest BCUT2D eigenvalue weighted by Gasteiger charge is -2.21. The predicted octanol–water partition coefficient (Wildman–Crippen LogP) is 3.83. The third-order valence-electron chi connectivity index (χ3n) is 4.75. The summed E-state index contributed by atoms with van der Waals surface area (Å²) in [4.78, 5) is 12.5. The number of hydrogen-bond acceptors (Lipinski definition) is 4. The lowest BCUT2D eigenvalue weighted by molar-refractivity contribution is -0.122. The van der Waals surface area contributed by atoms with Crippen LogP contribution in [0, 0.1) is 6.92 Å². The van der Waals surface area contributed by atoms with Crippen LogP contribution in [0.15, 0.2) is 48.5 Å². The molecule has 6 heteroatoms. The average Bonchev–Trinajstić information content (AvgIpc) is 2.70. The molecular formula is C22H27NO4S. The molecule has 0 radical (unpaired) electrons. The highest BCUT2D eigenvalue weighted by Gasteiger charge is 2.20. The molecule has 2 unspecified atom stereocenters. The summed E-state index contributed by atoms with van der Waals surface area (Å²) in [7, 11) is -0.933. The van der Waals surface area contributed by atoms with Crippen LogP contribution >= 0.6 is 0 Å². The molecule has 28 heavy (non-hydrogen) atoms. The van der Waals surface area contributed by atoms with Crippen molar-refractivity contribution in [3.63, 3.8) is 0 Å². The van der Waals surface area contributed by atoms with Gasteiger partial charge in [-0.3, -0.25) is 9.00 Å². The van der Waals surface area contributed by atoms with E-state index in [2.05, 4.69) is 5.32 Å². The fraction of sp³-hybridized carbons (Fsp3) is 0.409. The van der Waals surface area contributed by atoms with Crippen LogP contribution in [0.2, 0.25) is 0 Å². The Morgan fingerprint density at radius 2 is 1.93 bits per heavy atom. The van der Waals surface area contributed by atoms with E-state index in [1.165, 1.54) is 0 Å². The maximum atomic E-state index is 12.6. The molecule has 0 saturated carbocycles. The molecule has 1 amide bonds. The minimum atomic E-state index is -0.933. The second-order valence-electron chi connectivity index (χ2n) is 7.10. The SMILES string of the molecule is Cc1ccc(OC(C)C(=O)Nc2cccc(CS(=O)C3CCOCC3)c2)cc1. The minimum Gasteiger partial charge on any atom is -0.481 e. The second kappa shape index (κ2) is 9.85. The van der Waals surface area contributed by atoms with Gasteiger partial charge in [-0.05, 0) is 56.5 Å². The first-order valence-corrected chi connectivity index (χ1v) is 11.0. The van der Waals surface area contributed by atoms with Crippen molar-refractivity contribution in [3.05, 3.63) is 59.7 Å². The Hall–Kier alpha value is -2.18. The van der Waals surface area contributed by atoms with Crippen LogP contribution in [0.1, 0.15) is 30.9 Å². The largest absolute Gasteiger partial charge is 0.481 e. The lowest BCUT2D eigenvalue weighted by Crippen LogP contribution is -2.30. The van der Waals surface area contributed by atoms with E-state index in [0.29, 0.717) is 30.4 Å². The van der Waals surface area contributed by atoms with Crippen LogP contribution in [-0.4, -0.2) is 34.7 Å². The highest BCUT2D eigenvalue weighted by Crippen LogP contribution is 2.19. The number of hydrogen-bond donors (Lipinski definition) is 1. The van der Waals surface area contributed by atoms with E-state index in [-0.39, 0.29) is 11.2 Å². The molecule has 1 aliphatic heterocycles. The van der Waals surface area contributed by atoms with Crippen LogP contribution in [0.5, 0.6) is 5.75 Å². The molecule has 5 nitrogen and oxygen atoms in total. The summed E-state index contributed by atoms with van der Waals surface area (Å²) in [6, 6.07) is 15.1. The number of amides is 1. The van der Waals surface area contributed by atoms with Gasteiger partial charge in [0.25, 0.3) is 5.91 Å². The second-order valence-corrected chi connectivity index (χ2v) is 8.82. The molecule has 150 valence electrons. The van der Waals surface area contributed by atoms with Gasteiger partial charge in [0.05, 0.1) is 0 Å². The van der Waals surface area contributed by atoms with E-state index in [1.807, 2.05) is 55.5 Å². The molecule has 0 aromatic heterocycles. The van der Waals surface area contributed by atoms with Crippen LogP contribution in [0.25, 0.3) is 0 Å². The zero-order valence-electron chi connectivity index (χ0n) is 16.4. The summed E-state index contributed by atoms with van der Waals surface area (Å²) < 4.78 is 23.6. The number of carbonyl (C=O) groups excluding carboxylic acids is 1. The Bertz CT molecular complexity index is 816. The summed E-state index contributed by atoms with van der Waals surface area (Å²) in [6.45, 7) is 5.10. The standard InChI is InChI=1S/C22H27NO4S/c1-16-6-8-20(9-7-16)27-17(2)22(24)23-19-5-3-4-18(14-19)15-28(25)21-10-12-26-13-11-21/h3-9,14,17,21H,10-13,15H2,1-2H3,(H,23,24). The van der Waals surface area contributed by atoms with Gasteiger partial charge in [0, 0.05) is 40.7 Å². The van der Waals surface area contributed by atoms with Crippen molar-refractivity contribution in [1.29, 1.82) is 0 Å². The molecule has 0 spiro atoms. The summed E-state index contributed by atoms with van der Waals surface area (Å²) in [5.41, 5.74) is 2.78. The molecule has 1 N–H and O–H groups in total. The number of rotatable bonds is 7. The van der Waals surface area contributed by atoms with Gasteiger partial charge in [-0.15, -0.1) is 0 Å². The molecule has 0 aliphatic carbocycles. The smallest absolute Gasteiger partial charge is 0.265 e. The maximum absolute atomic E-state index is 12.6. The molecule has 2 atom stereocenters. The fourth-order valence-electron chi connectivity index (χ4n) is 3.08. The van der Waals surface area contributed by atoms with Crippen LogP contribution in [0.3, 0.4) is 0 Å². The fourth-order valence-corrected chi connectivity index (χ4v) is 4.54. The first-order chi connectivity index (χ1) is 13.5. The number of nitrogens with one attached hydrogen (secondary N) is 1. The normalized spacial score (nSPS) is 16.9. The van der Waals surface area contributed by atoms with Crippen molar-refractivity contribution in [3.8, 4) is 5.75 Å². The Balaban J connectivity index is 1.56. The molecule has 2 aromatic rings. The monoisotopic (exact) mass is 401 g/mol. The van der Waals surface area contributed by atoms with E-state index in [1.54, 1.807) is 6.92 Å². The zero-order chi connectivity index (χ0) is 19.9. The van der Waals surface area contributed by atoms with Crippen LogP contribution in [0.4, 0.5) is 5.69 Å². The average molecular weight is 402 g/mol. The summed E-state index contributed by atoms with van der Waals surface area (Å²) in [6.07, 6.45) is 1.07. The van der Waals surface area contributed by atoms with Crippen LogP contribution in [-0.2, 0) is 26.1 Å². The maximum Gasteiger partial charge on any atom is 0.265 e. The highest BCUT2D eigenvalue weighted by molar-refractivity contribution is 7.84. The topological polar surface area (TPSA) is 64.6 Å². The number of benzene rings is 2. The number of carbonyl (C=O) groups is 1. The Morgan fingerprint density at radius 1 is 1.21 bits per heavy atom. The Kier molecular flexibility index (Phi) is 7.23. The lowest BCUT2D eigenvalue weighted by atomic mass is 10.2. The van der Waals surface area contributed by atoms with Crippen molar-refractivity contribution >= 4 is 22.4 Å². The molecule has 0 bridgehead atoms. The third kappa shape index (κ3) is 5.91. The molecule has 1 saturated heterocycles. The molecular weight excluding hydrogens is 374 g/mol. The van der Waals surface area contributed by atoms with Gasteiger partial charge < -0.3 is 14.8 Å². The van der Waals surface area contributed by atoms with Crippen molar-refractivity contribution in [2.75, 3.05) is 18.5 Å². The van der Waals surface area contributed by atoms with E-state index in [9.17, 15) is 9.00 Å². The first kappa shape index (κ1) is 20.6. The van der Waals surface area contributed by atoms with E-state index < -0.39 is 16.9 Å². The van der Waals surface area contributed by atoms with Gasteiger partial charge in [0.1, 0.15) is 5.75 Å². The van der Waals surface area contributed by atoms with Crippen molar-refractivity contribution in [2.45, 2.75) is 43.8 Å². The van der Waals surface area contributed by atoms with Gasteiger partial charge in [-0.25, -0.2) is 0 Å². The van der Waals surface area contributed by atoms with Gasteiger partial charge in [-0.1, -0.05) is 29.8 Å². The molecule has 1 aliphatic rings. The van der Waals surface area contributed by atoms with E-state index in [0.717, 1.165) is 24.0 Å². The molecule has 3 rings (SSSR count). The van der Waals surface area contributed by atoms with Crippen molar-refractivity contribution < 1.29 is 18.5 Å². The zero-order valence-corrected chi connectivity index (χ0v) is 17.2. The van der Waals surface area contributed by atoms with Gasteiger partial charge >= 0.3 is 0 Å². The Morgan fingerprint density at radius 3 is 2.64 bits per heavy atom. The highest BCUT2D eigenvalue weighted by atomic mass is 32.2. The summed E-state index contributed by atoms with van der Waals surface area (Å²) >= 11 is 0. The number of anilines is 1. The minimum absolute atomic E-state index is 0.190. The van der Waals surface area contributed by atoms with Gasteiger partial charge in [0.2, 0.25) is 0 Å². The van der Waals surface area contributed by atoms with Crippen molar-refractivity contribution in [2.24, 2.45) is 0 Å². The molecule has 2 aromatic carbocycles. The Labute approximate surface area is 168 Å². The molecule has 1 heterocycles. The van der Waals surface area contributed by atoms with Gasteiger partial charge in [-0.2, -0.15) is 0 Å². The number of ether oxygens (including phenoxy) is 2. The van der Waals surface area contributed by atoms with E-state index in [4.69, 9.17) is 9.47 Å². The third-order valence-corrected chi connectivity index (χ3v) is 6.58. The van der Waals surface area contributed by atoms with Crippen molar-refractivity contribution in [1.82, 2.24) is 0 Å². The van der Waals surface area contributed by atoms with Gasteiger partial charge in [0.15, 0.2) is 6.10 Å². The van der Waals surface area contributed by atoms with E-state index >= 15 is 0 Å². The van der Waals surface area contributed by atoms with Crippen LogP contribution < -0.4 is 10.1 Å².